The standard InChI is InChI=1S/C19H17F3N6O/c20-19(21,22)14-4-2-1-3-12(14)9-28-11-26-15-10-27(6-5-16(15)28)17(8-24)13(7-23)18(25)29/h1-4,8,11,24H,5-6,9-10H2,(H2,25,29)/b17-13+,24-8?. The molecule has 10 heteroatoms. The minimum absolute atomic E-state index is 0.0238. The van der Waals surface area contributed by atoms with E-state index in [9.17, 15) is 18.0 Å². The van der Waals surface area contributed by atoms with Crippen LogP contribution in [0.15, 0.2) is 41.9 Å². The Balaban J connectivity index is 1.89. The van der Waals surface area contributed by atoms with Crippen LogP contribution in [0.2, 0.25) is 0 Å². The van der Waals surface area contributed by atoms with Gasteiger partial charge in [-0.05, 0) is 11.6 Å². The fourth-order valence-electron chi connectivity index (χ4n) is 3.39. The van der Waals surface area contributed by atoms with Crippen LogP contribution in [0.4, 0.5) is 13.2 Å². The number of rotatable bonds is 5. The van der Waals surface area contributed by atoms with Crippen LogP contribution in [0.5, 0.6) is 0 Å². The monoisotopic (exact) mass is 402 g/mol. The number of alkyl halides is 3. The first-order valence-electron chi connectivity index (χ1n) is 8.63. The Morgan fingerprint density at radius 2 is 2.10 bits per heavy atom. The summed E-state index contributed by atoms with van der Waals surface area (Å²) in [5, 5.41) is 16.7. The van der Waals surface area contributed by atoms with Gasteiger partial charge >= 0.3 is 6.18 Å². The molecule has 0 aliphatic carbocycles. The Bertz CT molecular complexity index is 1030. The molecule has 0 saturated heterocycles. The van der Waals surface area contributed by atoms with Crippen LogP contribution >= 0.6 is 0 Å². The predicted octanol–water partition coefficient (Wildman–Crippen LogP) is 2.22. The molecule has 3 N–H and O–H groups in total. The largest absolute Gasteiger partial charge is 0.416 e. The molecule has 0 radical (unpaired) electrons. The summed E-state index contributed by atoms with van der Waals surface area (Å²) < 4.78 is 41.4. The van der Waals surface area contributed by atoms with E-state index in [1.807, 2.05) is 0 Å². The van der Waals surface area contributed by atoms with Crippen molar-refractivity contribution in [3.8, 4) is 6.07 Å². The van der Waals surface area contributed by atoms with Crippen molar-refractivity contribution in [2.24, 2.45) is 5.73 Å². The number of nitrogens with one attached hydrogen (secondary N) is 1. The van der Waals surface area contributed by atoms with Gasteiger partial charge in [0.15, 0.2) is 0 Å². The highest BCUT2D eigenvalue weighted by atomic mass is 19.4. The number of nitrogens with two attached hydrogens (primary N) is 1. The Labute approximate surface area is 164 Å². The lowest BCUT2D eigenvalue weighted by Crippen LogP contribution is -2.33. The summed E-state index contributed by atoms with van der Waals surface area (Å²) in [4.78, 5) is 17.4. The molecular formula is C19H17F3N6O. The third kappa shape index (κ3) is 3.99. The van der Waals surface area contributed by atoms with Gasteiger partial charge in [-0.3, -0.25) is 4.79 Å². The second-order valence-electron chi connectivity index (χ2n) is 6.47. The molecule has 3 rings (SSSR count). The first-order chi connectivity index (χ1) is 13.8. The highest BCUT2D eigenvalue weighted by molar-refractivity contribution is 6.01. The van der Waals surface area contributed by atoms with Crippen molar-refractivity contribution in [2.45, 2.75) is 25.7 Å². The summed E-state index contributed by atoms with van der Waals surface area (Å²) >= 11 is 0. The number of hydrogen-bond donors (Lipinski definition) is 2. The van der Waals surface area contributed by atoms with Crippen LogP contribution in [-0.4, -0.2) is 33.1 Å². The van der Waals surface area contributed by atoms with Crippen LogP contribution in [0, 0.1) is 16.7 Å². The van der Waals surface area contributed by atoms with Crippen molar-refractivity contribution < 1.29 is 18.0 Å². The lowest BCUT2D eigenvalue weighted by molar-refractivity contribution is -0.138. The molecule has 1 aliphatic rings. The zero-order chi connectivity index (χ0) is 21.2. The summed E-state index contributed by atoms with van der Waals surface area (Å²) in [6.45, 7) is 0.602. The van der Waals surface area contributed by atoms with Crippen molar-refractivity contribution >= 4 is 12.1 Å². The first kappa shape index (κ1) is 20.1. The van der Waals surface area contributed by atoms with Gasteiger partial charge in [-0.15, -0.1) is 0 Å². The van der Waals surface area contributed by atoms with E-state index in [0.29, 0.717) is 18.7 Å². The molecule has 1 aromatic heterocycles. The third-order valence-corrected chi connectivity index (χ3v) is 4.75. The summed E-state index contributed by atoms with van der Waals surface area (Å²) in [6, 6.07) is 7.11. The molecule has 1 aliphatic heterocycles. The maximum Gasteiger partial charge on any atom is 0.416 e. The maximum atomic E-state index is 13.2. The lowest BCUT2D eigenvalue weighted by Gasteiger charge is -2.29. The highest BCUT2D eigenvalue weighted by Gasteiger charge is 2.33. The van der Waals surface area contributed by atoms with Gasteiger partial charge in [0, 0.05) is 31.4 Å². The van der Waals surface area contributed by atoms with Gasteiger partial charge in [0.25, 0.3) is 5.91 Å². The molecule has 0 unspecified atom stereocenters. The summed E-state index contributed by atoms with van der Waals surface area (Å²) in [6.07, 6.45) is -1.64. The first-order valence-corrected chi connectivity index (χ1v) is 8.63. The number of imidazole rings is 1. The zero-order valence-corrected chi connectivity index (χ0v) is 15.2. The molecule has 150 valence electrons. The number of benzene rings is 1. The van der Waals surface area contributed by atoms with E-state index >= 15 is 0 Å². The molecule has 0 atom stereocenters. The topological polar surface area (TPSA) is 112 Å². The Hall–Kier alpha value is -3.61. The van der Waals surface area contributed by atoms with E-state index in [-0.39, 0.29) is 29.9 Å². The van der Waals surface area contributed by atoms with E-state index in [1.54, 1.807) is 21.6 Å². The number of hydrogen-bond acceptors (Lipinski definition) is 5. The van der Waals surface area contributed by atoms with Crippen molar-refractivity contribution in [1.29, 1.82) is 10.7 Å². The Morgan fingerprint density at radius 3 is 2.72 bits per heavy atom. The van der Waals surface area contributed by atoms with Crippen molar-refractivity contribution in [3.63, 3.8) is 0 Å². The Morgan fingerprint density at radius 1 is 1.38 bits per heavy atom. The normalized spacial score (nSPS) is 14.6. The number of nitrogens with zero attached hydrogens (tertiary/aromatic N) is 4. The minimum atomic E-state index is -4.44. The van der Waals surface area contributed by atoms with Crippen LogP contribution in [0.3, 0.4) is 0 Å². The number of carbonyl (C=O) groups excluding carboxylic acids is 1. The van der Waals surface area contributed by atoms with E-state index in [0.717, 1.165) is 18.0 Å². The molecule has 0 saturated carbocycles. The van der Waals surface area contributed by atoms with Crippen molar-refractivity contribution in [1.82, 2.24) is 14.5 Å². The number of allylic oxidation sites excluding steroid dienone is 1. The number of fused-ring (bicyclic) bond motifs is 1. The van der Waals surface area contributed by atoms with Gasteiger partial charge in [-0.25, -0.2) is 4.98 Å². The minimum Gasteiger partial charge on any atom is -0.365 e. The summed E-state index contributed by atoms with van der Waals surface area (Å²) in [5.74, 6) is -0.925. The fraction of sp³-hybridized carbons (Fsp3) is 0.263. The van der Waals surface area contributed by atoms with Gasteiger partial charge in [0.1, 0.15) is 11.6 Å². The molecule has 2 aromatic rings. The molecule has 0 bridgehead atoms. The average Bonchev–Trinajstić information content (AvgIpc) is 3.07. The summed E-state index contributed by atoms with van der Waals surface area (Å²) in [5.41, 5.74) is 5.83. The molecule has 1 amide bonds. The predicted molar refractivity (Wildman–Crippen MR) is 97.5 cm³/mol. The smallest absolute Gasteiger partial charge is 0.365 e. The summed E-state index contributed by atoms with van der Waals surface area (Å²) in [7, 11) is 0. The van der Waals surface area contributed by atoms with Gasteiger partial charge in [0.05, 0.1) is 29.8 Å². The maximum absolute atomic E-state index is 13.2. The lowest BCUT2D eigenvalue weighted by atomic mass is 10.1. The highest BCUT2D eigenvalue weighted by Crippen LogP contribution is 2.32. The third-order valence-electron chi connectivity index (χ3n) is 4.75. The molecule has 29 heavy (non-hydrogen) atoms. The molecule has 7 nitrogen and oxygen atoms in total. The zero-order valence-electron chi connectivity index (χ0n) is 15.2. The molecule has 0 fully saturated rings. The van der Waals surface area contributed by atoms with Crippen LogP contribution in [0.25, 0.3) is 0 Å². The SMILES string of the molecule is N#C/C(C(N)=O)=C(/C=N)N1CCc2c(ncn2Cc2ccccc2C(F)(F)F)C1. The van der Waals surface area contributed by atoms with Gasteiger partial charge in [0.2, 0.25) is 0 Å². The number of halogens is 3. The van der Waals surface area contributed by atoms with Crippen LogP contribution < -0.4 is 5.73 Å². The van der Waals surface area contributed by atoms with Crippen molar-refractivity contribution in [2.75, 3.05) is 6.54 Å². The van der Waals surface area contributed by atoms with Gasteiger partial charge in [-0.1, -0.05) is 18.2 Å². The number of nitriles is 1. The quantitative estimate of drug-likeness (QED) is 0.454. The van der Waals surface area contributed by atoms with Crippen LogP contribution in [0.1, 0.15) is 22.5 Å². The average molecular weight is 402 g/mol. The molecule has 2 heterocycles. The van der Waals surface area contributed by atoms with Crippen molar-refractivity contribution in [3.05, 3.63) is 64.4 Å². The number of carbonyl (C=O) groups is 1. The second kappa shape index (κ2) is 7.79. The number of aromatic nitrogens is 2. The van der Waals surface area contributed by atoms with E-state index < -0.39 is 17.6 Å². The second-order valence-corrected chi connectivity index (χ2v) is 6.47. The Kier molecular flexibility index (Phi) is 5.41. The van der Waals surface area contributed by atoms with Crippen LogP contribution in [-0.2, 0) is 30.5 Å². The molecular weight excluding hydrogens is 385 g/mol. The van der Waals surface area contributed by atoms with E-state index in [4.69, 9.17) is 16.4 Å². The van der Waals surface area contributed by atoms with E-state index in [2.05, 4.69) is 4.98 Å². The van der Waals surface area contributed by atoms with E-state index in [1.165, 1.54) is 18.5 Å². The van der Waals surface area contributed by atoms with Gasteiger partial charge < -0.3 is 20.6 Å². The number of primary amides is 1. The molecule has 0 spiro atoms. The number of amides is 1. The fourth-order valence-corrected chi connectivity index (χ4v) is 3.39. The molecule has 1 aromatic carbocycles. The van der Waals surface area contributed by atoms with Gasteiger partial charge in [-0.2, -0.15) is 18.4 Å².